The Balaban J connectivity index is 2.00. The molecule has 4 heteroatoms. The lowest BCUT2D eigenvalue weighted by atomic mass is 9.85. The van der Waals surface area contributed by atoms with Crippen LogP contribution in [-0.2, 0) is 12.8 Å². The lowest BCUT2D eigenvalue weighted by Crippen LogP contribution is -2.13. The summed E-state index contributed by atoms with van der Waals surface area (Å²) in [6.07, 6.45) is 1.58. The molecule has 118 valence electrons. The van der Waals surface area contributed by atoms with E-state index in [-0.39, 0.29) is 23.0 Å². The molecule has 2 aromatic rings. The molecule has 0 saturated heterocycles. The molecular weight excluding hydrogens is 280 g/mol. The maximum Gasteiger partial charge on any atom is 0.157 e. The molecule has 0 bridgehead atoms. The maximum absolute atomic E-state index is 9.54. The van der Waals surface area contributed by atoms with Crippen LogP contribution in [0.1, 0.15) is 25.0 Å². The average Bonchev–Trinajstić information content (AvgIpc) is 2.46. The van der Waals surface area contributed by atoms with Gasteiger partial charge < -0.3 is 20.4 Å². The quantitative estimate of drug-likeness (QED) is 0.637. The molecule has 22 heavy (non-hydrogen) atoms. The minimum absolute atomic E-state index is 0.0965. The van der Waals surface area contributed by atoms with E-state index in [0.29, 0.717) is 11.8 Å². The van der Waals surface area contributed by atoms with E-state index in [9.17, 15) is 20.4 Å². The molecule has 0 amide bonds. The zero-order valence-electron chi connectivity index (χ0n) is 12.8. The van der Waals surface area contributed by atoms with Crippen LogP contribution in [0, 0.1) is 11.8 Å². The molecule has 2 rings (SSSR count). The van der Waals surface area contributed by atoms with Crippen LogP contribution in [0.5, 0.6) is 23.0 Å². The van der Waals surface area contributed by atoms with E-state index in [1.807, 2.05) is 12.1 Å². The van der Waals surface area contributed by atoms with Crippen molar-refractivity contribution in [2.24, 2.45) is 11.8 Å². The molecule has 1 unspecified atom stereocenters. The number of phenols is 4. The van der Waals surface area contributed by atoms with Crippen molar-refractivity contribution in [1.82, 2.24) is 0 Å². The lowest BCUT2D eigenvalue weighted by molar-refractivity contribution is 0.377. The van der Waals surface area contributed by atoms with Crippen molar-refractivity contribution in [3.05, 3.63) is 47.5 Å². The fourth-order valence-corrected chi connectivity index (χ4v) is 2.54. The van der Waals surface area contributed by atoms with Crippen LogP contribution in [0.2, 0.25) is 0 Å². The van der Waals surface area contributed by atoms with E-state index in [1.165, 1.54) is 12.1 Å². The second-order valence-electron chi connectivity index (χ2n) is 6.01. The van der Waals surface area contributed by atoms with E-state index < -0.39 is 0 Å². The number of rotatable bonds is 5. The summed E-state index contributed by atoms with van der Waals surface area (Å²) in [7, 11) is 0. The first-order valence-corrected chi connectivity index (χ1v) is 7.38. The van der Waals surface area contributed by atoms with Crippen LogP contribution in [0.15, 0.2) is 36.4 Å². The van der Waals surface area contributed by atoms with Crippen LogP contribution in [0.25, 0.3) is 0 Å². The Labute approximate surface area is 130 Å². The van der Waals surface area contributed by atoms with Crippen LogP contribution in [0.4, 0.5) is 0 Å². The Morgan fingerprint density at radius 1 is 0.636 bits per heavy atom. The molecule has 2 aromatic carbocycles. The highest BCUT2D eigenvalue weighted by Crippen LogP contribution is 2.30. The molecule has 0 aliphatic rings. The smallest absolute Gasteiger partial charge is 0.157 e. The van der Waals surface area contributed by atoms with Gasteiger partial charge in [0, 0.05) is 0 Å². The summed E-state index contributed by atoms with van der Waals surface area (Å²) >= 11 is 0. The summed E-state index contributed by atoms with van der Waals surface area (Å²) in [6.45, 7) is 4.27. The van der Waals surface area contributed by atoms with Crippen molar-refractivity contribution < 1.29 is 20.4 Å². The third-order valence-corrected chi connectivity index (χ3v) is 4.17. The van der Waals surface area contributed by atoms with Crippen molar-refractivity contribution in [3.8, 4) is 23.0 Å². The van der Waals surface area contributed by atoms with Crippen LogP contribution in [-0.4, -0.2) is 20.4 Å². The number of benzene rings is 2. The highest BCUT2D eigenvalue weighted by molar-refractivity contribution is 5.41. The van der Waals surface area contributed by atoms with Gasteiger partial charge in [0.25, 0.3) is 0 Å². The number of hydrogen-bond acceptors (Lipinski definition) is 4. The summed E-state index contributed by atoms with van der Waals surface area (Å²) in [5, 5.41) is 37.8. The van der Waals surface area contributed by atoms with Crippen molar-refractivity contribution >= 4 is 0 Å². The minimum atomic E-state index is -0.107. The summed E-state index contributed by atoms with van der Waals surface area (Å²) < 4.78 is 0. The van der Waals surface area contributed by atoms with Crippen LogP contribution < -0.4 is 0 Å². The topological polar surface area (TPSA) is 80.9 Å². The van der Waals surface area contributed by atoms with E-state index in [1.54, 1.807) is 12.1 Å². The molecule has 0 aliphatic carbocycles. The molecule has 0 spiro atoms. The molecule has 4 N–H and O–H groups in total. The maximum atomic E-state index is 9.54. The van der Waals surface area contributed by atoms with Gasteiger partial charge in [-0.25, -0.2) is 0 Å². The van der Waals surface area contributed by atoms with Crippen molar-refractivity contribution in [3.63, 3.8) is 0 Å². The second-order valence-corrected chi connectivity index (χ2v) is 6.01. The van der Waals surface area contributed by atoms with E-state index in [4.69, 9.17) is 0 Å². The zero-order chi connectivity index (χ0) is 16.3. The normalized spacial score (nSPS) is 13.7. The predicted molar refractivity (Wildman–Crippen MR) is 85.3 cm³/mol. The Morgan fingerprint density at radius 2 is 1.00 bits per heavy atom. The van der Waals surface area contributed by atoms with Gasteiger partial charge in [0.1, 0.15) is 0 Å². The summed E-state index contributed by atoms with van der Waals surface area (Å²) in [5.41, 5.74) is 1.95. The van der Waals surface area contributed by atoms with Gasteiger partial charge in [-0.3, -0.25) is 0 Å². The van der Waals surface area contributed by atoms with Crippen molar-refractivity contribution in [1.29, 1.82) is 0 Å². The van der Waals surface area contributed by atoms with Gasteiger partial charge >= 0.3 is 0 Å². The van der Waals surface area contributed by atoms with Gasteiger partial charge in [-0.15, -0.1) is 0 Å². The molecule has 0 heterocycles. The Bertz CT molecular complexity index is 594. The van der Waals surface area contributed by atoms with Crippen LogP contribution >= 0.6 is 0 Å². The predicted octanol–water partition coefficient (Wildman–Crippen LogP) is 3.57. The lowest BCUT2D eigenvalue weighted by Gasteiger charge is -2.20. The van der Waals surface area contributed by atoms with Gasteiger partial charge in [-0.2, -0.15) is 0 Å². The van der Waals surface area contributed by atoms with Gasteiger partial charge in [0.05, 0.1) is 0 Å². The van der Waals surface area contributed by atoms with Crippen molar-refractivity contribution in [2.45, 2.75) is 26.7 Å². The summed E-state index contributed by atoms with van der Waals surface area (Å²) in [4.78, 5) is 0. The fraction of sp³-hybridized carbons (Fsp3) is 0.333. The van der Waals surface area contributed by atoms with Gasteiger partial charge in [-0.1, -0.05) is 26.0 Å². The first kappa shape index (κ1) is 16.0. The third-order valence-electron chi connectivity index (χ3n) is 4.17. The van der Waals surface area contributed by atoms with Crippen LogP contribution in [0.3, 0.4) is 0 Å². The molecule has 0 aliphatic heterocycles. The van der Waals surface area contributed by atoms with E-state index in [0.717, 1.165) is 24.0 Å². The van der Waals surface area contributed by atoms with Gasteiger partial charge in [-0.05, 0) is 60.1 Å². The first-order valence-electron chi connectivity index (χ1n) is 7.38. The Morgan fingerprint density at radius 3 is 1.32 bits per heavy atom. The molecule has 2 atom stereocenters. The highest BCUT2D eigenvalue weighted by atomic mass is 16.3. The average molecular weight is 302 g/mol. The van der Waals surface area contributed by atoms with E-state index >= 15 is 0 Å². The summed E-state index contributed by atoms with van der Waals surface area (Å²) in [6, 6.07) is 9.80. The monoisotopic (exact) mass is 302 g/mol. The Hall–Kier alpha value is -2.36. The minimum Gasteiger partial charge on any atom is -0.504 e. The SMILES string of the molecule is CC(Cc1ccc(O)c(O)c1)[C@H](C)Cc1ccc(O)c(O)c1. The van der Waals surface area contributed by atoms with Gasteiger partial charge in [0.2, 0.25) is 0 Å². The summed E-state index contributed by atoms with van der Waals surface area (Å²) in [5.74, 6) is 0.314. The molecule has 0 radical (unpaired) electrons. The highest BCUT2D eigenvalue weighted by Gasteiger charge is 2.15. The molecular formula is C18H22O4. The Kier molecular flexibility index (Phi) is 4.81. The number of phenolic OH excluding ortho intramolecular Hbond substituents is 4. The number of aromatic hydroxyl groups is 4. The molecule has 0 fully saturated rings. The van der Waals surface area contributed by atoms with Gasteiger partial charge in [0.15, 0.2) is 23.0 Å². The standard InChI is InChI=1S/C18H22O4/c1-11(7-13-3-5-15(19)17(21)9-13)12(2)8-14-4-6-16(20)18(22)10-14/h3-6,9-12,19-22H,7-8H2,1-2H3/t11-,12?/m1/s1. The third kappa shape index (κ3) is 3.85. The van der Waals surface area contributed by atoms with E-state index in [2.05, 4.69) is 13.8 Å². The molecule has 0 aromatic heterocycles. The molecule has 4 nitrogen and oxygen atoms in total. The fourth-order valence-electron chi connectivity index (χ4n) is 2.54. The molecule has 0 saturated carbocycles. The zero-order valence-corrected chi connectivity index (χ0v) is 12.8. The number of hydrogen-bond donors (Lipinski definition) is 4. The largest absolute Gasteiger partial charge is 0.504 e. The first-order chi connectivity index (χ1) is 10.4. The second kappa shape index (κ2) is 6.60. The van der Waals surface area contributed by atoms with Crippen molar-refractivity contribution in [2.75, 3.05) is 0 Å².